The highest BCUT2D eigenvalue weighted by Crippen LogP contribution is 2.50. The maximum absolute atomic E-state index is 13.1. The molecule has 0 amide bonds. The smallest absolute Gasteiger partial charge is 0.354 e. The summed E-state index contributed by atoms with van der Waals surface area (Å²) in [7, 11) is -0.592. The van der Waals surface area contributed by atoms with E-state index in [1.165, 1.54) is 12.9 Å². The van der Waals surface area contributed by atoms with E-state index in [0.717, 1.165) is 11.3 Å². The zero-order valence-electron chi connectivity index (χ0n) is 29.1. The Bertz CT molecular complexity index is 1980. The zero-order valence-corrected chi connectivity index (χ0v) is 30.0. The molecule has 51 heavy (non-hydrogen) atoms. The van der Waals surface area contributed by atoms with E-state index in [1.54, 1.807) is 69.1 Å². The van der Waals surface area contributed by atoms with Crippen LogP contribution in [0, 0.1) is 6.92 Å². The molecule has 0 saturated heterocycles. The lowest BCUT2D eigenvalue weighted by molar-refractivity contribution is -0.142. The minimum atomic E-state index is -3.45. The van der Waals surface area contributed by atoms with E-state index < -0.39 is 13.6 Å². The van der Waals surface area contributed by atoms with Gasteiger partial charge in [-0.05, 0) is 74.9 Å². The third-order valence-corrected chi connectivity index (χ3v) is 9.06. The van der Waals surface area contributed by atoms with E-state index >= 15 is 0 Å². The van der Waals surface area contributed by atoms with Gasteiger partial charge in [0.2, 0.25) is 11.8 Å². The number of carbonyl (C=O) groups excluding carboxylic acids is 1. The van der Waals surface area contributed by atoms with Crippen LogP contribution in [0.1, 0.15) is 36.4 Å². The van der Waals surface area contributed by atoms with Crippen LogP contribution in [0.5, 0.6) is 23.1 Å². The van der Waals surface area contributed by atoms with Gasteiger partial charge in [0.05, 0.1) is 38.7 Å². The number of nitrogens with zero attached hydrogens (tertiary/aromatic N) is 3. The summed E-state index contributed by atoms with van der Waals surface area (Å²) in [5.74, 6) is 3.72. The summed E-state index contributed by atoms with van der Waals surface area (Å²) in [6, 6.07) is 22.1. The highest BCUT2D eigenvalue weighted by Gasteiger charge is 2.21. The third-order valence-electron chi connectivity index (χ3n) is 7.31. The summed E-state index contributed by atoms with van der Waals surface area (Å²) < 4.78 is 59.5. The van der Waals surface area contributed by atoms with E-state index in [2.05, 4.69) is 14.8 Å². The van der Waals surface area contributed by atoms with Crippen molar-refractivity contribution >= 4 is 19.6 Å². The first-order chi connectivity index (χ1) is 24.7. The molecule has 13 nitrogen and oxygen atoms in total. The number of aryl methyl sites for hydroxylation is 1. The number of hydrogen-bond acceptors (Lipinski definition) is 12. The topological polar surface area (TPSA) is 143 Å². The van der Waals surface area contributed by atoms with Gasteiger partial charge in [0.15, 0.2) is 18.1 Å². The van der Waals surface area contributed by atoms with E-state index in [9.17, 15) is 9.36 Å². The number of benzene rings is 3. The first-order valence-corrected chi connectivity index (χ1v) is 17.8. The number of rotatable bonds is 18. The van der Waals surface area contributed by atoms with Crippen LogP contribution in [0.15, 0.2) is 89.2 Å². The average Bonchev–Trinajstić information content (AvgIpc) is 3.74. The molecule has 0 atom stereocenters. The van der Waals surface area contributed by atoms with Gasteiger partial charge in [-0.3, -0.25) is 4.57 Å². The van der Waals surface area contributed by atoms with Crippen LogP contribution in [0.25, 0.3) is 23.2 Å². The lowest BCUT2D eigenvalue weighted by Gasteiger charge is -2.13. The Labute approximate surface area is 296 Å². The molecule has 0 unspecified atom stereocenters. The molecule has 0 aliphatic rings. The standard InChI is InChI=1S/C37H40N3O10P/c1-6-48-51(42,49-7-2)19-18-29-22-40(30-13-9-8-10-14-30)39-37(29)47-23-27-16-17-33(34(20-27)43-4)46-24-32-26(3)50-36(38-32)28-12-11-15-31(21-28)45-25-35(41)44-5/h8-22H,6-7,23-25H2,1-5H3/b19-18+. The lowest BCUT2D eigenvalue weighted by atomic mass is 10.2. The van der Waals surface area contributed by atoms with Crippen LogP contribution < -0.4 is 18.9 Å². The average molecular weight is 718 g/mol. The predicted octanol–water partition coefficient (Wildman–Crippen LogP) is 7.79. The molecule has 5 aromatic rings. The SMILES string of the molecule is CCOP(=O)(/C=C/c1cn(-c2ccccc2)nc1OCc1ccc(OCc2nc(-c3cccc(OCC(=O)OC)c3)oc2C)c(OC)c1)OCC. The number of methoxy groups -OCH3 is 2. The number of para-hydroxylation sites is 1. The fraction of sp³-hybridized carbons (Fsp3) is 0.270. The maximum Gasteiger partial charge on any atom is 0.354 e. The van der Waals surface area contributed by atoms with Crippen molar-refractivity contribution in [3.05, 3.63) is 107 Å². The molecule has 0 N–H and O–H groups in total. The second kappa shape index (κ2) is 17.5. The summed E-state index contributed by atoms with van der Waals surface area (Å²) in [6.07, 6.45) is 3.42. The molecule has 0 bridgehead atoms. The molecule has 2 heterocycles. The highest BCUT2D eigenvalue weighted by molar-refractivity contribution is 7.57. The van der Waals surface area contributed by atoms with Crippen LogP contribution in [0.4, 0.5) is 0 Å². The quantitative estimate of drug-likeness (QED) is 0.0645. The van der Waals surface area contributed by atoms with E-state index in [-0.39, 0.29) is 33.0 Å². The van der Waals surface area contributed by atoms with Crippen LogP contribution in [0.2, 0.25) is 0 Å². The van der Waals surface area contributed by atoms with Crippen molar-refractivity contribution in [3.8, 4) is 40.3 Å². The van der Waals surface area contributed by atoms with Crippen LogP contribution >= 0.6 is 7.60 Å². The van der Waals surface area contributed by atoms with Gasteiger partial charge in [-0.15, -0.1) is 5.10 Å². The molecule has 14 heteroatoms. The summed E-state index contributed by atoms with van der Waals surface area (Å²) in [5.41, 5.74) is 3.50. The Morgan fingerprint density at radius 3 is 2.41 bits per heavy atom. The van der Waals surface area contributed by atoms with Crippen molar-refractivity contribution < 1.29 is 46.5 Å². The highest BCUT2D eigenvalue weighted by atomic mass is 31.2. The van der Waals surface area contributed by atoms with Crippen molar-refractivity contribution in [1.29, 1.82) is 0 Å². The molecule has 0 fully saturated rings. The number of oxazole rings is 1. The van der Waals surface area contributed by atoms with Gasteiger partial charge >= 0.3 is 13.6 Å². The van der Waals surface area contributed by atoms with Crippen LogP contribution in [0.3, 0.4) is 0 Å². The van der Waals surface area contributed by atoms with Crippen LogP contribution in [-0.2, 0) is 36.4 Å². The van der Waals surface area contributed by atoms with Crippen molar-refractivity contribution in [3.63, 3.8) is 0 Å². The van der Waals surface area contributed by atoms with Crippen molar-refractivity contribution in [1.82, 2.24) is 14.8 Å². The normalized spacial score (nSPS) is 11.5. The molecule has 0 aliphatic carbocycles. The number of ether oxygens (including phenoxy) is 5. The van der Waals surface area contributed by atoms with Gasteiger partial charge in [0.1, 0.15) is 30.4 Å². The largest absolute Gasteiger partial charge is 0.493 e. The summed E-state index contributed by atoms with van der Waals surface area (Å²) >= 11 is 0. The summed E-state index contributed by atoms with van der Waals surface area (Å²) in [4.78, 5) is 16.1. The van der Waals surface area contributed by atoms with Crippen molar-refractivity contribution in [2.45, 2.75) is 34.0 Å². The predicted molar refractivity (Wildman–Crippen MR) is 189 cm³/mol. The lowest BCUT2D eigenvalue weighted by Crippen LogP contribution is -2.12. The monoisotopic (exact) mass is 717 g/mol. The molecule has 3 aromatic carbocycles. The molecule has 0 radical (unpaired) electrons. The number of hydrogen-bond donors (Lipinski definition) is 0. The van der Waals surface area contributed by atoms with Gasteiger partial charge < -0.3 is 37.1 Å². The van der Waals surface area contributed by atoms with Gasteiger partial charge in [-0.2, -0.15) is 0 Å². The third kappa shape index (κ3) is 9.88. The Hall–Kier alpha value is -5.36. The maximum atomic E-state index is 13.1. The molecule has 0 aliphatic heterocycles. The molecular formula is C37H40N3O10P. The molecule has 268 valence electrons. The second-order valence-electron chi connectivity index (χ2n) is 10.8. The first kappa shape index (κ1) is 36.9. The minimum absolute atomic E-state index is 0.125. The van der Waals surface area contributed by atoms with Crippen LogP contribution in [-0.4, -0.2) is 54.8 Å². The summed E-state index contributed by atoms with van der Waals surface area (Å²) in [5, 5.41) is 4.64. The molecular weight excluding hydrogens is 677 g/mol. The summed E-state index contributed by atoms with van der Waals surface area (Å²) in [6.45, 7) is 5.87. The van der Waals surface area contributed by atoms with Crippen molar-refractivity contribution in [2.24, 2.45) is 0 Å². The number of esters is 1. The molecule has 0 saturated carbocycles. The zero-order chi connectivity index (χ0) is 36.2. The van der Waals surface area contributed by atoms with Crippen molar-refractivity contribution in [2.75, 3.05) is 34.0 Å². The minimum Gasteiger partial charge on any atom is -0.493 e. The van der Waals surface area contributed by atoms with Gasteiger partial charge in [-0.1, -0.05) is 30.3 Å². The fourth-order valence-corrected chi connectivity index (χ4v) is 6.10. The Balaban J connectivity index is 1.28. The van der Waals surface area contributed by atoms with Gasteiger partial charge in [0, 0.05) is 17.6 Å². The molecule has 0 spiro atoms. The van der Waals surface area contributed by atoms with E-state index in [0.29, 0.717) is 51.6 Å². The fourth-order valence-electron chi connectivity index (χ4n) is 4.79. The number of carbonyl (C=O) groups is 1. The molecule has 5 rings (SSSR count). The Morgan fingerprint density at radius 2 is 1.69 bits per heavy atom. The molecule has 2 aromatic heterocycles. The number of aromatic nitrogens is 3. The van der Waals surface area contributed by atoms with Gasteiger partial charge in [0.25, 0.3) is 0 Å². The van der Waals surface area contributed by atoms with Gasteiger partial charge in [-0.25, -0.2) is 14.5 Å². The second-order valence-corrected chi connectivity index (χ2v) is 12.7. The Morgan fingerprint density at radius 1 is 0.902 bits per heavy atom. The van der Waals surface area contributed by atoms with E-state index in [1.807, 2.05) is 48.5 Å². The van der Waals surface area contributed by atoms with E-state index in [4.69, 9.17) is 32.4 Å². The Kier molecular flexibility index (Phi) is 12.7. The first-order valence-electron chi connectivity index (χ1n) is 16.2.